The largest absolute Gasteiger partial charge is 0.490 e. The molecule has 0 amide bonds. The summed E-state index contributed by atoms with van der Waals surface area (Å²) in [6.07, 6.45) is 1.57. The second-order valence-corrected chi connectivity index (χ2v) is 13.2. The van der Waals surface area contributed by atoms with E-state index in [1.807, 2.05) is 0 Å². The van der Waals surface area contributed by atoms with E-state index in [1.54, 1.807) is 6.26 Å². The molecule has 1 aromatic rings. The van der Waals surface area contributed by atoms with Crippen LogP contribution in [0.3, 0.4) is 0 Å². The molecule has 2 heterocycles. The molecule has 5 atom stereocenters. The van der Waals surface area contributed by atoms with Gasteiger partial charge in [-0.1, -0.05) is 21.6 Å². The Morgan fingerprint density at radius 3 is 2.42 bits per heavy atom. The number of rotatable bonds is 10. The number of aryl methyl sites for hydroxylation is 1. The summed E-state index contributed by atoms with van der Waals surface area (Å²) >= 11 is 0. The van der Waals surface area contributed by atoms with Crippen LogP contribution in [0.15, 0.2) is 15.8 Å². The Hall–Kier alpha value is -0.250. The maximum Gasteiger partial charge on any atom is 0.490 e. The minimum atomic E-state index is -5.63. The molecule has 0 spiro atoms. The second-order valence-electron chi connectivity index (χ2n) is 6.03. The number of ether oxygens (including phenoxy) is 1. The molecule has 20 heteroatoms. The number of hydrogen-bond acceptors (Lipinski definition) is 11. The molecule has 0 saturated carbocycles. The lowest BCUT2D eigenvalue weighted by Crippen LogP contribution is -2.33. The van der Waals surface area contributed by atoms with Crippen LogP contribution in [0.4, 0.5) is 0 Å². The molecule has 0 aliphatic carbocycles. The normalized spacial score (nSPS) is 25.8. The molecule has 0 bridgehead atoms. The first-order valence-corrected chi connectivity index (χ1v) is 15.2. The Morgan fingerprint density at radius 1 is 1.19 bits per heavy atom. The molecule has 178 valence electrons. The Morgan fingerprint density at radius 2 is 1.84 bits per heavy atom. The van der Waals surface area contributed by atoms with Gasteiger partial charge >= 0.3 is 29.2 Å². The van der Waals surface area contributed by atoms with Gasteiger partial charge in [0.15, 0.2) is 0 Å². The van der Waals surface area contributed by atoms with Crippen LogP contribution in [0.2, 0.25) is 0 Å². The third-order valence-corrected chi connectivity index (χ3v) is 9.73. The fraction of sp³-hybridized carbons (Fsp3) is 0.636. The lowest BCUT2D eigenvalue weighted by molar-refractivity contribution is -0.0235. The van der Waals surface area contributed by atoms with Crippen molar-refractivity contribution in [3.05, 3.63) is 32.6 Å². The molecule has 0 aromatic carbocycles. The van der Waals surface area contributed by atoms with Gasteiger partial charge < -0.3 is 24.3 Å². The number of phosphoric ester groups is 1. The Labute approximate surface area is 182 Å². The van der Waals surface area contributed by atoms with Crippen molar-refractivity contribution in [1.82, 2.24) is 9.55 Å². The third-order valence-electron chi connectivity index (χ3n) is 3.67. The number of phosphoric acid groups is 3. The van der Waals surface area contributed by atoms with Gasteiger partial charge in [-0.15, -0.1) is 0 Å². The van der Waals surface area contributed by atoms with E-state index in [-0.39, 0.29) is 17.2 Å². The molecular formula is C11H19N2O13P3S2. The van der Waals surface area contributed by atoms with E-state index in [2.05, 4.69) is 18.1 Å². The maximum atomic E-state index is 12.1. The SMILES string of the molecule is CSS[C@H]1C[C@H](n2cc(C)c(=O)[nH]c2=O)O[C@@H]1COP(=O)(O)OP(=O)(O)OP(=O)(O)O. The van der Waals surface area contributed by atoms with Crippen LogP contribution in [0.5, 0.6) is 0 Å². The van der Waals surface area contributed by atoms with Crippen molar-refractivity contribution >= 4 is 45.1 Å². The number of aromatic amines is 1. The van der Waals surface area contributed by atoms with E-state index in [9.17, 15) is 33.1 Å². The van der Waals surface area contributed by atoms with Crippen LogP contribution in [-0.4, -0.2) is 53.3 Å². The quantitative estimate of drug-likeness (QED) is 0.203. The third kappa shape index (κ3) is 8.23. The van der Waals surface area contributed by atoms with Gasteiger partial charge in [-0.05, 0) is 13.2 Å². The van der Waals surface area contributed by atoms with Gasteiger partial charge in [0.1, 0.15) is 6.23 Å². The number of nitrogens with one attached hydrogen (secondary N) is 1. The smallest absolute Gasteiger partial charge is 0.351 e. The first-order valence-electron chi connectivity index (χ1n) is 8.08. The van der Waals surface area contributed by atoms with Crippen molar-refractivity contribution in [2.24, 2.45) is 0 Å². The summed E-state index contributed by atoms with van der Waals surface area (Å²) in [5.74, 6) is 0. The molecule has 5 N–H and O–H groups in total. The average molecular weight is 544 g/mol. The zero-order valence-electron chi connectivity index (χ0n) is 15.8. The lowest BCUT2D eigenvalue weighted by atomic mass is 10.2. The Kier molecular flexibility index (Phi) is 9.01. The average Bonchev–Trinajstić information content (AvgIpc) is 2.96. The zero-order chi connectivity index (χ0) is 23.6. The standard InChI is InChI=1S/C11H19N2O13P3S2/c1-6-4-13(11(15)12-10(6)14)9-3-8(31-30-2)7(24-9)5-23-28(19,20)26-29(21,22)25-27(16,17)18/h4,7-9H,3,5H2,1-2H3,(H,19,20)(H,21,22)(H,12,14,15)(H2,16,17,18)/t7-,8+,9-/m1/s1. The summed E-state index contributed by atoms with van der Waals surface area (Å²) in [5, 5.41) is -0.369. The molecule has 1 aliphatic heterocycles. The van der Waals surface area contributed by atoms with E-state index in [4.69, 9.17) is 14.5 Å². The molecule has 0 radical (unpaired) electrons. The molecule has 1 aromatic heterocycles. The summed E-state index contributed by atoms with van der Waals surface area (Å²) in [6.45, 7) is 0.847. The molecule has 2 rings (SSSR count). The number of H-pyrrole nitrogens is 1. The van der Waals surface area contributed by atoms with Crippen LogP contribution in [0, 0.1) is 6.92 Å². The van der Waals surface area contributed by atoms with E-state index >= 15 is 0 Å². The summed E-state index contributed by atoms with van der Waals surface area (Å²) in [7, 11) is -13.8. The van der Waals surface area contributed by atoms with Crippen LogP contribution < -0.4 is 11.2 Å². The highest BCUT2D eigenvalue weighted by atomic mass is 33.1. The number of nitrogens with zero attached hydrogens (tertiary/aromatic N) is 1. The summed E-state index contributed by atoms with van der Waals surface area (Å²) in [5.41, 5.74) is -1.02. The van der Waals surface area contributed by atoms with E-state index in [0.717, 1.165) is 4.57 Å². The molecule has 2 unspecified atom stereocenters. The van der Waals surface area contributed by atoms with Gasteiger partial charge in [-0.3, -0.25) is 18.9 Å². The summed E-state index contributed by atoms with van der Waals surface area (Å²) < 4.78 is 52.7. The van der Waals surface area contributed by atoms with Gasteiger partial charge in [-0.25, -0.2) is 18.5 Å². The highest BCUT2D eigenvalue weighted by Gasteiger charge is 2.43. The van der Waals surface area contributed by atoms with E-state index in [1.165, 1.54) is 34.7 Å². The Bertz CT molecular complexity index is 1050. The minimum absolute atomic E-state index is 0.251. The molecule has 1 aliphatic rings. The first-order chi connectivity index (χ1) is 14.1. The van der Waals surface area contributed by atoms with Crippen LogP contribution in [0.1, 0.15) is 18.2 Å². The zero-order valence-corrected chi connectivity index (χ0v) is 20.1. The van der Waals surface area contributed by atoms with Crippen LogP contribution in [-0.2, 0) is 31.6 Å². The fourth-order valence-corrected chi connectivity index (χ4v) is 7.65. The molecule has 31 heavy (non-hydrogen) atoms. The minimum Gasteiger partial charge on any atom is -0.351 e. The van der Waals surface area contributed by atoms with Gasteiger partial charge in [0, 0.05) is 23.4 Å². The highest BCUT2D eigenvalue weighted by molar-refractivity contribution is 8.76. The van der Waals surface area contributed by atoms with Crippen LogP contribution in [0.25, 0.3) is 0 Å². The van der Waals surface area contributed by atoms with Crippen molar-refractivity contribution in [2.75, 3.05) is 12.9 Å². The fourth-order valence-electron chi connectivity index (χ4n) is 2.52. The van der Waals surface area contributed by atoms with Crippen molar-refractivity contribution in [3.8, 4) is 0 Å². The molecule has 15 nitrogen and oxygen atoms in total. The monoisotopic (exact) mass is 544 g/mol. The predicted octanol–water partition coefficient (Wildman–Crippen LogP) is 0.856. The second kappa shape index (κ2) is 10.3. The van der Waals surface area contributed by atoms with E-state index in [0.29, 0.717) is 0 Å². The van der Waals surface area contributed by atoms with Gasteiger partial charge in [0.05, 0.1) is 12.7 Å². The molecular weight excluding hydrogens is 525 g/mol. The lowest BCUT2D eigenvalue weighted by Gasteiger charge is -2.20. The van der Waals surface area contributed by atoms with Gasteiger partial charge in [-0.2, -0.15) is 8.62 Å². The molecule has 1 fully saturated rings. The summed E-state index contributed by atoms with van der Waals surface area (Å²) in [6, 6.07) is 0. The molecule has 1 saturated heterocycles. The number of hydrogen-bond donors (Lipinski definition) is 5. The van der Waals surface area contributed by atoms with E-state index < -0.39 is 53.7 Å². The van der Waals surface area contributed by atoms with Crippen molar-refractivity contribution in [2.45, 2.75) is 30.9 Å². The number of aromatic nitrogens is 2. The van der Waals surface area contributed by atoms with Gasteiger partial charge in [0.2, 0.25) is 0 Å². The maximum absolute atomic E-state index is 12.1. The Balaban J connectivity index is 2.11. The van der Waals surface area contributed by atoms with Gasteiger partial charge in [0.25, 0.3) is 5.56 Å². The highest BCUT2D eigenvalue weighted by Crippen LogP contribution is 2.66. The summed E-state index contributed by atoms with van der Waals surface area (Å²) in [4.78, 5) is 61.6. The van der Waals surface area contributed by atoms with Crippen molar-refractivity contribution < 1.29 is 51.2 Å². The topological polar surface area (TPSA) is 224 Å². The van der Waals surface area contributed by atoms with Crippen LogP contribution >= 0.6 is 45.1 Å². The predicted molar refractivity (Wildman–Crippen MR) is 109 cm³/mol. The van der Waals surface area contributed by atoms with Crippen molar-refractivity contribution in [3.63, 3.8) is 0 Å². The van der Waals surface area contributed by atoms with Crippen molar-refractivity contribution in [1.29, 1.82) is 0 Å². The first kappa shape index (κ1) is 27.0.